The maximum atomic E-state index is 13.4. The molecule has 37 heavy (non-hydrogen) atoms. The molecule has 0 bridgehead atoms. The highest BCUT2D eigenvalue weighted by Gasteiger charge is 2.35. The lowest BCUT2D eigenvalue weighted by Gasteiger charge is -2.35. The van der Waals surface area contributed by atoms with Gasteiger partial charge < -0.3 is 14.6 Å². The van der Waals surface area contributed by atoms with E-state index in [2.05, 4.69) is 15.5 Å². The van der Waals surface area contributed by atoms with Gasteiger partial charge in [0.25, 0.3) is 5.89 Å². The fraction of sp³-hybridized carbons (Fsp3) is 0.207. The third-order valence-electron chi connectivity index (χ3n) is 6.32. The number of carbonyl (C=O) groups is 1. The SMILES string of the molecule is CCOc1cccc(CN2C(=O)NC(c3ccc(C)cc3)C(c3nc(-c4ccc(F)cc4)no3)=C2C)c1. The van der Waals surface area contributed by atoms with Crippen molar-refractivity contribution in [1.29, 1.82) is 0 Å². The van der Waals surface area contributed by atoms with Crippen LogP contribution in [0.3, 0.4) is 0 Å². The summed E-state index contributed by atoms with van der Waals surface area (Å²) in [4.78, 5) is 19.6. The summed E-state index contributed by atoms with van der Waals surface area (Å²) in [6.07, 6.45) is 0. The molecule has 0 saturated heterocycles. The van der Waals surface area contributed by atoms with E-state index in [1.165, 1.54) is 12.1 Å². The van der Waals surface area contributed by atoms with Gasteiger partial charge in [-0.1, -0.05) is 47.1 Å². The van der Waals surface area contributed by atoms with Crippen molar-refractivity contribution in [2.45, 2.75) is 33.4 Å². The Bertz CT molecular complexity index is 1440. The molecule has 8 heteroatoms. The number of benzene rings is 3. The van der Waals surface area contributed by atoms with E-state index >= 15 is 0 Å². The van der Waals surface area contributed by atoms with Crippen LogP contribution in [0.25, 0.3) is 17.0 Å². The van der Waals surface area contributed by atoms with Crippen LogP contribution < -0.4 is 10.1 Å². The fourth-order valence-electron chi connectivity index (χ4n) is 4.39. The first kappa shape index (κ1) is 24.2. The molecule has 0 spiro atoms. The molecular formula is C29H27FN4O3. The molecule has 3 aromatic carbocycles. The quantitative estimate of drug-likeness (QED) is 0.324. The Morgan fingerprint density at radius 3 is 2.54 bits per heavy atom. The van der Waals surface area contributed by atoms with Crippen LogP contribution in [0.15, 0.2) is 83.0 Å². The van der Waals surface area contributed by atoms with Crippen LogP contribution in [0.5, 0.6) is 5.75 Å². The number of allylic oxidation sites excluding steroid dienone is 1. The van der Waals surface area contributed by atoms with Crippen molar-refractivity contribution < 1.29 is 18.4 Å². The maximum absolute atomic E-state index is 13.4. The summed E-state index contributed by atoms with van der Waals surface area (Å²) in [7, 11) is 0. The molecule has 1 N–H and O–H groups in total. The third-order valence-corrected chi connectivity index (χ3v) is 6.32. The second-order valence-corrected chi connectivity index (χ2v) is 8.89. The molecule has 4 aromatic rings. The summed E-state index contributed by atoms with van der Waals surface area (Å²) in [5.74, 6) is 1.03. The first-order valence-electron chi connectivity index (χ1n) is 12.1. The molecular weight excluding hydrogens is 471 g/mol. The standard InChI is InChI=1S/C29H27FN4O3/c1-4-36-24-7-5-6-20(16-24)17-34-19(3)25(26(31-29(34)35)21-10-8-18(2)9-11-21)28-32-27(33-37-28)22-12-14-23(30)15-13-22/h5-16,26H,4,17H2,1-3H3,(H,31,35). The number of nitrogens with zero attached hydrogens (tertiary/aromatic N) is 3. The molecule has 1 aromatic heterocycles. The predicted octanol–water partition coefficient (Wildman–Crippen LogP) is 6.28. The summed E-state index contributed by atoms with van der Waals surface area (Å²) in [5, 5.41) is 7.26. The molecule has 2 amide bonds. The van der Waals surface area contributed by atoms with Crippen LogP contribution in [0.4, 0.5) is 9.18 Å². The highest BCUT2D eigenvalue weighted by Crippen LogP contribution is 2.38. The van der Waals surface area contributed by atoms with Crippen molar-refractivity contribution >= 4 is 11.6 Å². The van der Waals surface area contributed by atoms with E-state index in [1.807, 2.05) is 69.3 Å². The number of hydrogen-bond acceptors (Lipinski definition) is 5. The van der Waals surface area contributed by atoms with Crippen molar-refractivity contribution in [3.8, 4) is 17.1 Å². The van der Waals surface area contributed by atoms with Gasteiger partial charge in [-0.15, -0.1) is 0 Å². The van der Waals surface area contributed by atoms with Gasteiger partial charge in [-0.05, 0) is 68.3 Å². The molecule has 2 heterocycles. The van der Waals surface area contributed by atoms with Gasteiger partial charge in [0.15, 0.2) is 0 Å². The van der Waals surface area contributed by atoms with Crippen LogP contribution in [-0.4, -0.2) is 27.7 Å². The van der Waals surface area contributed by atoms with Crippen molar-refractivity contribution in [2.75, 3.05) is 6.61 Å². The molecule has 0 radical (unpaired) electrons. The maximum Gasteiger partial charge on any atom is 0.322 e. The van der Waals surface area contributed by atoms with E-state index in [9.17, 15) is 9.18 Å². The zero-order valence-electron chi connectivity index (χ0n) is 20.9. The largest absolute Gasteiger partial charge is 0.494 e. The Balaban J connectivity index is 1.56. The second kappa shape index (κ2) is 10.3. The van der Waals surface area contributed by atoms with Crippen molar-refractivity contribution in [3.05, 3.63) is 107 Å². The zero-order valence-corrected chi connectivity index (χ0v) is 20.9. The average molecular weight is 499 g/mol. The van der Waals surface area contributed by atoms with Gasteiger partial charge in [0, 0.05) is 11.3 Å². The Morgan fingerprint density at radius 1 is 1.05 bits per heavy atom. The van der Waals surface area contributed by atoms with Crippen molar-refractivity contribution in [2.24, 2.45) is 0 Å². The number of ether oxygens (including phenoxy) is 1. The van der Waals surface area contributed by atoms with Gasteiger partial charge in [-0.2, -0.15) is 4.98 Å². The Morgan fingerprint density at radius 2 is 1.81 bits per heavy atom. The summed E-state index contributed by atoms with van der Waals surface area (Å²) < 4.78 is 24.8. The number of carbonyl (C=O) groups excluding carboxylic acids is 1. The van der Waals surface area contributed by atoms with Gasteiger partial charge >= 0.3 is 6.03 Å². The number of aryl methyl sites for hydroxylation is 1. The number of nitrogens with one attached hydrogen (secondary N) is 1. The van der Waals surface area contributed by atoms with Crippen molar-refractivity contribution in [1.82, 2.24) is 20.4 Å². The lowest BCUT2D eigenvalue weighted by atomic mass is 9.94. The molecule has 1 unspecified atom stereocenters. The zero-order chi connectivity index (χ0) is 25.9. The summed E-state index contributed by atoms with van der Waals surface area (Å²) >= 11 is 0. The highest BCUT2D eigenvalue weighted by molar-refractivity contribution is 5.86. The Labute approximate surface area is 214 Å². The number of amides is 2. The van der Waals surface area contributed by atoms with Gasteiger partial charge in [0.2, 0.25) is 5.82 Å². The first-order valence-corrected chi connectivity index (χ1v) is 12.1. The fourth-order valence-corrected chi connectivity index (χ4v) is 4.39. The normalized spacial score (nSPS) is 15.6. The van der Waals surface area contributed by atoms with Crippen LogP contribution in [0, 0.1) is 12.7 Å². The van der Waals surface area contributed by atoms with Gasteiger partial charge in [-0.3, -0.25) is 4.90 Å². The number of rotatable bonds is 7. The van der Waals surface area contributed by atoms with Crippen LogP contribution >= 0.6 is 0 Å². The molecule has 7 nitrogen and oxygen atoms in total. The molecule has 1 atom stereocenters. The molecule has 188 valence electrons. The molecule has 0 saturated carbocycles. The monoisotopic (exact) mass is 498 g/mol. The molecule has 5 rings (SSSR count). The van der Waals surface area contributed by atoms with Gasteiger partial charge in [0.05, 0.1) is 24.8 Å². The molecule has 1 aliphatic heterocycles. The van der Waals surface area contributed by atoms with Crippen molar-refractivity contribution in [3.63, 3.8) is 0 Å². The number of halogens is 1. The van der Waals surface area contributed by atoms with E-state index in [-0.39, 0.29) is 17.7 Å². The van der Waals surface area contributed by atoms with Gasteiger partial charge in [-0.25, -0.2) is 9.18 Å². The minimum Gasteiger partial charge on any atom is -0.494 e. The molecule has 0 fully saturated rings. The van der Waals surface area contributed by atoms with E-state index in [0.717, 1.165) is 22.4 Å². The molecule has 1 aliphatic rings. The Kier molecular flexibility index (Phi) is 6.72. The summed E-state index contributed by atoms with van der Waals surface area (Å²) in [6.45, 7) is 6.71. The highest BCUT2D eigenvalue weighted by atomic mass is 19.1. The topological polar surface area (TPSA) is 80.5 Å². The van der Waals surface area contributed by atoms with Gasteiger partial charge in [0.1, 0.15) is 11.6 Å². The second-order valence-electron chi connectivity index (χ2n) is 8.89. The Hall–Kier alpha value is -4.46. The third kappa shape index (κ3) is 5.09. The van der Waals surface area contributed by atoms with E-state index in [1.54, 1.807) is 17.0 Å². The van der Waals surface area contributed by atoms with Crippen LogP contribution in [0.1, 0.15) is 42.5 Å². The minimum atomic E-state index is -0.486. The summed E-state index contributed by atoms with van der Waals surface area (Å²) in [5.41, 5.74) is 4.96. The van der Waals surface area contributed by atoms with Crippen LogP contribution in [0.2, 0.25) is 0 Å². The van der Waals surface area contributed by atoms with E-state index in [4.69, 9.17) is 9.26 Å². The van der Waals surface area contributed by atoms with E-state index in [0.29, 0.717) is 35.8 Å². The summed E-state index contributed by atoms with van der Waals surface area (Å²) in [6, 6.07) is 20.8. The molecule has 0 aliphatic carbocycles. The number of hydrogen-bond donors (Lipinski definition) is 1. The smallest absolute Gasteiger partial charge is 0.322 e. The first-order chi connectivity index (χ1) is 17.9. The minimum absolute atomic E-state index is 0.230. The van der Waals surface area contributed by atoms with Crippen LogP contribution in [-0.2, 0) is 6.54 Å². The lowest BCUT2D eigenvalue weighted by molar-refractivity contribution is 0.203. The average Bonchev–Trinajstić information content (AvgIpc) is 3.37. The lowest BCUT2D eigenvalue weighted by Crippen LogP contribution is -2.45. The number of aromatic nitrogens is 2. The predicted molar refractivity (Wildman–Crippen MR) is 138 cm³/mol. The van der Waals surface area contributed by atoms with E-state index < -0.39 is 6.04 Å². The number of urea groups is 1.